The van der Waals surface area contributed by atoms with Crippen LogP contribution in [0.15, 0.2) is 24.0 Å². The van der Waals surface area contributed by atoms with Crippen molar-refractivity contribution in [1.29, 1.82) is 0 Å². The molecule has 1 saturated carbocycles. The smallest absolute Gasteiger partial charge is 0.340 e. The third-order valence-corrected chi connectivity index (χ3v) is 7.33. The summed E-state index contributed by atoms with van der Waals surface area (Å²) < 4.78 is 17.3. The van der Waals surface area contributed by atoms with E-state index in [0.29, 0.717) is 24.3 Å². The number of aliphatic hydroxyl groups is 2. The number of carbonyl (C=O) groups is 2. The number of carboxylic acids is 1. The van der Waals surface area contributed by atoms with Crippen LogP contribution in [0.1, 0.15) is 43.2 Å². The van der Waals surface area contributed by atoms with Crippen LogP contribution in [-0.2, 0) is 26.2 Å². The van der Waals surface area contributed by atoms with E-state index in [2.05, 4.69) is 0 Å². The van der Waals surface area contributed by atoms with Crippen molar-refractivity contribution in [3.8, 4) is 11.5 Å². The van der Waals surface area contributed by atoms with E-state index < -0.39 is 41.6 Å². The van der Waals surface area contributed by atoms with Gasteiger partial charge in [-0.05, 0) is 49.3 Å². The fourth-order valence-electron chi connectivity index (χ4n) is 6.11. The second kappa shape index (κ2) is 6.46. The molecule has 160 valence electrons. The number of benzene rings is 1. The summed E-state index contributed by atoms with van der Waals surface area (Å²) in [4.78, 5) is 23.2. The molecule has 4 aliphatic rings. The molecule has 0 unspecified atom stereocenters. The molecule has 0 aromatic heterocycles. The molecule has 1 aromatic carbocycles. The van der Waals surface area contributed by atoms with E-state index in [1.54, 1.807) is 13.2 Å². The van der Waals surface area contributed by atoms with Gasteiger partial charge in [-0.15, -0.1) is 0 Å². The van der Waals surface area contributed by atoms with E-state index in [9.17, 15) is 19.8 Å². The fraction of sp³-hybridized carbons (Fsp3) is 0.545. The molecule has 5 atom stereocenters. The number of aliphatic hydroxyl groups excluding tert-OH is 1. The zero-order chi connectivity index (χ0) is 21.3. The highest BCUT2D eigenvalue weighted by molar-refractivity contribution is 5.81. The van der Waals surface area contributed by atoms with E-state index >= 15 is 0 Å². The molecular formula is C22H24O8. The summed E-state index contributed by atoms with van der Waals surface area (Å²) in [6.45, 7) is 0. The molecule has 5 rings (SSSR count). The number of hydrogen-bond donors (Lipinski definition) is 3. The maximum absolute atomic E-state index is 12.3. The predicted octanol–water partition coefficient (Wildman–Crippen LogP) is 1.45. The van der Waals surface area contributed by atoms with Crippen molar-refractivity contribution >= 4 is 11.9 Å². The van der Waals surface area contributed by atoms with Gasteiger partial charge in [-0.3, -0.25) is 4.79 Å². The number of rotatable bonds is 5. The number of hydrogen-bond acceptors (Lipinski definition) is 7. The average molecular weight is 416 g/mol. The van der Waals surface area contributed by atoms with Crippen molar-refractivity contribution in [2.75, 3.05) is 7.11 Å². The molecule has 0 radical (unpaired) electrons. The van der Waals surface area contributed by atoms with Gasteiger partial charge in [-0.25, -0.2) is 4.79 Å². The van der Waals surface area contributed by atoms with Gasteiger partial charge in [-0.1, -0.05) is 12.5 Å². The second-order valence-electron chi connectivity index (χ2n) is 8.66. The molecule has 3 aliphatic carbocycles. The highest BCUT2D eigenvalue weighted by Gasteiger charge is 2.70. The van der Waals surface area contributed by atoms with Crippen LogP contribution in [0.25, 0.3) is 0 Å². The topological polar surface area (TPSA) is 123 Å². The van der Waals surface area contributed by atoms with Gasteiger partial charge in [0.1, 0.15) is 5.76 Å². The second-order valence-corrected chi connectivity index (χ2v) is 8.66. The lowest BCUT2D eigenvalue weighted by atomic mass is 9.47. The van der Waals surface area contributed by atoms with Crippen molar-refractivity contribution in [3.63, 3.8) is 0 Å². The Hall–Kier alpha value is -2.58. The Morgan fingerprint density at radius 2 is 2.17 bits per heavy atom. The highest BCUT2D eigenvalue weighted by atomic mass is 16.6. The number of esters is 1. The Bertz CT molecular complexity index is 968. The summed E-state index contributed by atoms with van der Waals surface area (Å²) in [5, 5.41) is 30.6. The Kier molecular flexibility index (Phi) is 4.17. The van der Waals surface area contributed by atoms with Gasteiger partial charge in [0, 0.05) is 5.56 Å². The van der Waals surface area contributed by atoms with Crippen molar-refractivity contribution in [2.24, 2.45) is 5.92 Å². The maximum Gasteiger partial charge on any atom is 0.340 e. The summed E-state index contributed by atoms with van der Waals surface area (Å²) in [7, 11) is 1.55. The van der Waals surface area contributed by atoms with Gasteiger partial charge in [0.2, 0.25) is 0 Å². The molecule has 8 heteroatoms. The quantitative estimate of drug-likeness (QED) is 0.617. The number of carboxylic acid groups (broad SMARTS) is 1. The molecule has 1 spiro atoms. The van der Waals surface area contributed by atoms with Crippen molar-refractivity contribution in [1.82, 2.24) is 0 Å². The molecule has 8 nitrogen and oxygen atoms in total. The monoisotopic (exact) mass is 416 g/mol. The molecule has 30 heavy (non-hydrogen) atoms. The summed E-state index contributed by atoms with van der Waals surface area (Å²) in [5.74, 6) is -0.947. The molecule has 0 amide bonds. The van der Waals surface area contributed by atoms with E-state index in [4.69, 9.17) is 19.3 Å². The van der Waals surface area contributed by atoms with Crippen LogP contribution in [0.2, 0.25) is 0 Å². The van der Waals surface area contributed by atoms with Gasteiger partial charge in [0.15, 0.2) is 23.7 Å². The molecule has 1 aromatic rings. The number of ether oxygens (including phenoxy) is 3. The van der Waals surface area contributed by atoms with Crippen LogP contribution in [0, 0.1) is 5.92 Å². The fourth-order valence-corrected chi connectivity index (χ4v) is 6.11. The van der Waals surface area contributed by atoms with Crippen LogP contribution >= 0.6 is 0 Å². The molecule has 2 bridgehead atoms. The third-order valence-electron chi connectivity index (χ3n) is 7.33. The van der Waals surface area contributed by atoms with Crippen molar-refractivity contribution in [2.45, 2.75) is 61.7 Å². The number of methoxy groups -OCH3 is 1. The first-order valence-electron chi connectivity index (χ1n) is 10.2. The minimum atomic E-state index is -1.78. The van der Waals surface area contributed by atoms with Crippen LogP contribution in [0.4, 0.5) is 0 Å². The molecule has 0 saturated heterocycles. The minimum Gasteiger partial charge on any atom is -0.493 e. The van der Waals surface area contributed by atoms with Crippen molar-refractivity contribution in [3.05, 3.63) is 35.1 Å². The minimum absolute atomic E-state index is 0.0651. The first kappa shape index (κ1) is 19.4. The summed E-state index contributed by atoms with van der Waals surface area (Å²) in [5.41, 5.74) is 0.241. The van der Waals surface area contributed by atoms with E-state index in [0.717, 1.165) is 30.4 Å². The average Bonchev–Trinajstić information content (AvgIpc) is 3.04. The van der Waals surface area contributed by atoms with E-state index in [-0.39, 0.29) is 11.7 Å². The van der Waals surface area contributed by atoms with Crippen LogP contribution in [0.5, 0.6) is 11.5 Å². The first-order chi connectivity index (χ1) is 14.3. The molecule has 1 aliphatic heterocycles. The molecular weight excluding hydrogens is 392 g/mol. The van der Waals surface area contributed by atoms with Crippen LogP contribution < -0.4 is 9.47 Å². The van der Waals surface area contributed by atoms with Gasteiger partial charge < -0.3 is 29.5 Å². The summed E-state index contributed by atoms with van der Waals surface area (Å²) in [6, 6.07) is 3.87. The maximum atomic E-state index is 12.3. The number of carbonyl (C=O) groups excluding carboxylic acids is 1. The molecule has 3 N–H and O–H groups in total. The van der Waals surface area contributed by atoms with Gasteiger partial charge in [0.05, 0.1) is 24.5 Å². The lowest BCUT2D eigenvalue weighted by molar-refractivity contribution is -0.166. The van der Waals surface area contributed by atoms with E-state index in [1.807, 2.05) is 12.1 Å². The van der Waals surface area contributed by atoms with Gasteiger partial charge in [-0.2, -0.15) is 0 Å². The lowest BCUT2D eigenvalue weighted by Crippen LogP contribution is -2.67. The summed E-state index contributed by atoms with van der Waals surface area (Å²) >= 11 is 0. The Labute approximate surface area is 173 Å². The largest absolute Gasteiger partial charge is 0.493 e. The third kappa shape index (κ3) is 2.34. The Morgan fingerprint density at radius 3 is 2.90 bits per heavy atom. The first-order valence-corrected chi connectivity index (χ1v) is 10.2. The van der Waals surface area contributed by atoms with Gasteiger partial charge >= 0.3 is 11.9 Å². The lowest BCUT2D eigenvalue weighted by Gasteiger charge is -2.59. The Morgan fingerprint density at radius 1 is 1.37 bits per heavy atom. The normalized spacial score (nSPS) is 33.6. The molecule has 1 fully saturated rings. The zero-order valence-corrected chi connectivity index (χ0v) is 16.6. The zero-order valence-electron chi connectivity index (χ0n) is 16.6. The standard InChI is InChI=1S/C22H24O8/c1-28-14-5-4-11-9-12-3-2-7-21-17(11)18(14)30-19(21)15(6-8-22(12,21)27)29-20(26)13(23)10-16(24)25/h4-6,12-13,19,23,27H,2-3,7-10H2,1H3,(H,24,25)/t12-,13+,19+,21+,22-/m1/s1. The van der Waals surface area contributed by atoms with E-state index in [1.165, 1.54) is 0 Å². The van der Waals surface area contributed by atoms with Crippen molar-refractivity contribution < 1.29 is 39.1 Å². The van der Waals surface area contributed by atoms with Crippen LogP contribution in [0.3, 0.4) is 0 Å². The number of aliphatic carboxylic acids is 1. The highest BCUT2D eigenvalue weighted by Crippen LogP contribution is 2.67. The Balaban J connectivity index is 1.59. The van der Waals surface area contributed by atoms with Crippen LogP contribution in [-0.4, -0.2) is 52.2 Å². The predicted molar refractivity (Wildman–Crippen MR) is 102 cm³/mol. The molecule has 1 heterocycles. The summed E-state index contributed by atoms with van der Waals surface area (Å²) in [6.07, 6.45) is 1.92. The SMILES string of the molecule is COc1ccc2c3c1O[C@H]1C(OC(=O)[C@@H](O)CC(=O)O)=CC[C@@]4(O)[C@H](CCC[C@]314)C2. The van der Waals surface area contributed by atoms with Gasteiger partial charge in [0.25, 0.3) is 0 Å².